The van der Waals surface area contributed by atoms with Gasteiger partial charge in [-0.2, -0.15) is 0 Å². The lowest BCUT2D eigenvalue weighted by atomic mass is 10.0. The largest absolute Gasteiger partial charge is 0.491 e. The maximum Gasteiger partial charge on any atom is 0.224 e. The summed E-state index contributed by atoms with van der Waals surface area (Å²) in [5.41, 5.74) is 3.51. The van der Waals surface area contributed by atoms with Crippen LogP contribution in [-0.4, -0.2) is 40.2 Å². The van der Waals surface area contributed by atoms with Gasteiger partial charge in [0.15, 0.2) is 0 Å². The zero-order valence-corrected chi connectivity index (χ0v) is 14.7. The third-order valence-electron chi connectivity index (χ3n) is 4.38. The number of amides is 1. The Bertz CT molecular complexity index is 976. The van der Waals surface area contributed by atoms with Crippen LogP contribution in [0.5, 0.6) is 5.75 Å². The maximum atomic E-state index is 11.4. The first-order chi connectivity index (χ1) is 13.2. The Hall–Kier alpha value is -3.19. The summed E-state index contributed by atoms with van der Waals surface area (Å²) < 4.78 is 5.68. The molecule has 0 spiro atoms. The van der Waals surface area contributed by atoms with Crippen molar-refractivity contribution < 1.29 is 14.6 Å². The minimum atomic E-state index is -0.700. The number of hydrogen-bond acceptors (Lipinski definition) is 6. The van der Waals surface area contributed by atoms with Crippen LogP contribution in [0.15, 0.2) is 48.7 Å². The SMILES string of the molecule is O=C1CCc2cc(OC[C@@H](O)CNc3cnc4ccccc4n3)ccc2N1. The normalized spacial score (nSPS) is 14.3. The lowest BCUT2D eigenvalue weighted by molar-refractivity contribution is -0.116. The second-order valence-corrected chi connectivity index (χ2v) is 6.46. The van der Waals surface area contributed by atoms with Crippen molar-refractivity contribution in [1.82, 2.24) is 9.97 Å². The van der Waals surface area contributed by atoms with E-state index < -0.39 is 6.10 Å². The molecule has 1 aromatic heterocycles. The summed E-state index contributed by atoms with van der Waals surface area (Å²) in [4.78, 5) is 20.2. The molecule has 1 aliphatic heterocycles. The zero-order valence-electron chi connectivity index (χ0n) is 14.7. The van der Waals surface area contributed by atoms with Crippen molar-refractivity contribution in [2.24, 2.45) is 0 Å². The number of hydrogen-bond donors (Lipinski definition) is 3. The van der Waals surface area contributed by atoms with E-state index in [4.69, 9.17) is 4.74 Å². The summed E-state index contributed by atoms with van der Waals surface area (Å²) in [6.45, 7) is 0.452. The highest BCUT2D eigenvalue weighted by molar-refractivity contribution is 5.94. The van der Waals surface area contributed by atoms with Crippen molar-refractivity contribution in [3.8, 4) is 5.75 Å². The van der Waals surface area contributed by atoms with Crippen molar-refractivity contribution >= 4 is 28.4 Å². The van der Waals surface area contributed by atoms with Gasteiger partial charge in [-0.3, -0.25) is 9.78 Å². The van der Waals surface area contributed by atoms with Gasteiger partial charge in [0.2, 0.25) is 5.91 Å². The van der Waals surface area contributed by atoms with Crippen LogP contribution in [0.2, 0.25) is 0 Å². The van der Waals surface area contributed by atoms with Gasteiger partial charge in [-0.05, 0) is 42.3 Å². The Labute approximate surface area is 156 Å². The van der Waals surface area contributed by atoms with E-state index in [-0.39, 0.29) is 12.5 Å². The van der Waals surface area contributed by atoms with Gasteiger partial charge in [-0.1, -0.05) is 12.1 Å². The molecule has 0 unspecified atom stereocenters. The number of nitrogens with zero attached hydrogens (tertiary/aromatic N) is 2. The van der Waals surface area contributed by atoms with E-state index in [9.17, 15) is 9.90 Å². The van der Waals surface area contributed by atoms with Gasteiger partial charge in [-0.15, -0.1) is 0 Å². The Morgan fingerprint density at radius 1 is 1.19 bits per heavy atom. The number of fused-ring (bicyclic) bond motifs is 2. The molecule has 138 valence electrons. The monoisotopic (exact) mass is 364 g/mol. The number of para-hydroxylation sites is 2. The standard InChI is InChI=1S/C20H20N4O3/c25-14(10-22-19-11-21-17-3-1-2-4-18(17)23-19)12-27-15-6-7-16-13(9-15)5-8-20(26)24-16/h1-4,6-7,9,11,14,25H,5,8,10,12H2,(H,22,23)(H,24,26)/t14-/m0/s1. The van der Waals surface area contributed by atoms with Crippen molar-refractivity contribution in [2.75, 3.05) is 23.8 Å². The average Bonchev–Trinajstić information content (AvgIpc) is 2.70. The van der Waals surface area contributed by atoms with Crippen LogP contribution in [0.3, 0.4) is 0 Å². The molecule has 3 aromatic rings. The summed E-state index contributed by atoms with van der Waals surface area (Å²) in [6.07, 6.45) is 2.13. The summed E-state index contributed by atoms with van der Waals surface area (Å²) in [7, 11) is 0. The third-order valence-corrected chi connectivity index (χ3v) is 4.38. The van der Waals surface area contributed by atoms with E-state index in [0.717, 1.165) is 22.3 Å². The topological polar surface area (TPSA) is 96.4 Å². The van der Waals surface area contributed by atoms with Gasteiger partial charge in [0, 0.05) is 18.7 Å². The zero-order chi connectivity index (χ0) is 18.6. The van der Waals surface area contributed by atoms with Crippen LogP contribution in [-0.2, 0) is 11.2 Å². The van der Waals surface area contributed by atoms with E-state index in [1.165, 1.54) is 0 Å². The minimum absolute atomic E-state index is 0.0365. The first-order valence-electron chi connectivity index (χ1n) is 8.87. The van der Waals surface area contributed by atoms with Crippen molar-refractivity contribution in [2.45, 2.75) is 18.9 Å². The molecular weight excluding hydrogens is 344 g/mol. The lowest BCUT2D eigenvalue weighted by Crippen LogP contribution is -2.26. The Balaban J connectivity index is 1.30. The molecule has 27 heavy (non-hydrogen) atoms. The molecule has 3 N–H and O–H groups in total. The number of anilines is 2. The highest BCUT2D eigenvalue weighted by Crippen LogP contribution is 2.26. The number of ether oxygens (including phenoxy) is 1. The maximum absolute atomic E-state index is 11.4. The Morgan fingerprint density at radius 2 is 2.04 bits per heavy atom. The van der Waals surface area contributed by atoms with E-state index >= 15 is 0 Å². The number of aliphatic hydroxyl groups is 1. The van der Waals surface area contributed by atoms with Gasteiger partial charge in [0.1, 0.15) is 24.3 Å². The highest BCUT2D eigenvalue weighted by atomic mass is 16.5. The molecule has 1 aliphatic rings. The first kappa shape index (κ1) is 17.2. The number of aromatic nitrogens is 2. The molecule has 2 aromatic carbocycles. The fourth-order valence-electron chi connectivity index (χ4n) is 2.97. The van der Waals surface area contributed by atoms with Gasteiger partial charge in [0.25, 0.3) is 0 Å². The summed E-state index contributed by atoms with van der Waals surface area (Å²) in [5, 5.41) is 16.1. The second kappa shape index (κ2) is 7.59. The molecule has 4 rings (SSSR count). The van der Waals surface area contributed by atoms with Crippen LogP contribution in [0.4, 0.5) is 11.5 Å². The smallest absolute Gasteiger partial charge is 0.224 e. The number of aliphatic hydroxyl groups excluding tert-OH is 1. The molecule has 2 heterocycles. The van der Waals surface area contributed by atoms with Crippen LogP contribution in [0.25, 0.3) is 11.0 Å². The Kier molecular flexibility index (Phi) is 4.84. The van der Waals surface area contributed by atoms with E-state index in [1.54, 1.807) is 12.3 Å². The molecule has 0 saturated heterocycles. The molecule has 0 radical (unpaired) electrons. The lowest BCUT2D eigenvalue weighted by Gasteiger charge is -2.18. The average molecular weight is 364 g/mol. The fourth-order valence-corrected chi connectivity index (χ4v) is 2.97. The number of benzene rings is 2. The van der Waals surface area contributed by atoms with Crippen LogP contribution >= 0.6 is 0 Å². The van der Waals surface area contributed by atoms with Crippen LogP contribution < -0.4 is 15.4 Å². The summed E-state index contributed by atoms with van der Waals surface area (Å²) in [5.74, 6) is 1.32. The van der Waals surface area contributed by atoms with E-state index in [2.05, 4.69) is 20.6 Å². The van der Waals surface area contributed by atoms with Crippen molar-refractivity contribution in [3.05, 3.63) is 54.2 Å². The number of nitrogens with one attached hydrogen (secondary N) is 2. The van der Waals surface area contributed by atoms with Crippen molar-refractivity contribution in [1.29, 1.82) is 0 Å². The fraction of sp³-hybridized carbons (Fsp3) is 0.250. The molecular formula is C20H20N4O3. The molecule has 1 atom stereocenters. The second-order valence-electron chi connectivity index (χ2n) is 6.46. The number of aryl methyl sites for hydroxylation is 1. The molecule has 0 saturated carbocycles. The van der Waals surface area contributed by atoms with E-state index in [1.807, 2.05) is 36.4 Å². The van der Waals surface area contributed by atoms with Gasteiger partial charge >= 0.3 is 0 Å². The third kappa shape index (κ3) is 4.15. The van der Waals surface area contributed by atoms with Gasteiger partial charge < -0.3 is 20.5 Å². The minimum Gasteiger partial charge on any atom is -0.491 e. The van der Waals surface area contributed by atoms with E-state index in [0.29, 0.717) is 31.0 Å². The first-order valence-corrected chi connectivity index (χ1v) is 8.87. The molecule has 7 nitrogen and oxygen atoms in total. The summed E-state index contributed by atoms with van der Waals surface area (Å²) >= 11 is 0. The summed E-state index contributed by atoms with van der Waals surface area (Å²) in [6, 6.07) is 13.2. The van der Waals surface area contributed by atoms with Gasteiger partial charge in [0.05, 0.1) is 17.2 Å². The molecule has 7 heteroatoms. The van der Waals surface area contributed by atoms with Crippen molar-refractivity contribution in [3.63, 3.8) is 0 Å². The molecule has 0 aliphatic carbocycles. The van der Waals surface area contributed by atoms with Crippen LogP contribution in [0, 0.1) is 0 Å². The Morgan fingerprint density at radius 3 is 2.93 bits per heavy atom. The number of carbonyl (C=O) groups excluding carboxylic acids is 1. The molecule has 0 bridgehead atoms. The predicted molar refractivity (Wildman–Crippen MR) is 103 cm³/mol. The number of carbonyl (C=O) groups is 1. The molecule has 0 fully saturated rings. The van der Waals surface area contributed by atoms with Crippen LogP contribution in [0.1, 0.15) is 12.0 Å². The quantitative estimate of drug-likeness (QED) is 0.621. The predicted octanol–water partition coefficient (Wildman–Crippen LogP) is 2.37. The van der Waals surface area contributed by atoms with Gasteiger partial charge in [-0.25, -0.2) is 4.98 Å². The number of rotatable bonds is 6. The highest BCUT2D eigenvalue weighted by Gasteiger charge is 2.15. The molecule has 1 amide bonds.